The van der Waals surface area contributed by atoms with Gasteiger partial charge in [0.2, 0.25) is 0 Å². The Morgan fingerprint density at radius 3 is 2.92 bits per heavy atom. The van der Waals surface area contributed by atoms with Gasteiger partial charge in [0.15, 0.2) is 6.10 Å². The smallest absolute Gasteiger partial charge is 0.261 e. The molecule has 0 aromatic heterocycles. The van der Waals surface area contributed by atoms with Crippen LogP contribution in [0.3, 0.4) is 0 Å². The Morgan fingerprint density at radius 1 is 1.33 bits per heavy atom. The van der Waals surface area contributed by atoms with Crippen LogP contribution in [0.2, 0.25) is 5.02 Å². The molecule has 2 aromatic carbocycles. The molecule has 0 unspecified atom stereocenters. The lowest BCUT2D eigenvalue weighted by molar-refractivity contribution is -0.128. The fourth-order valence-electron chi connectivity index (χ4n) is 3.01. The van der Waals surface area contributed by atoms with E-state index in [1.807, 2.05) is 18.2 Å². The third-order valence-corrected chi connectivity index (χ3v) is 5.04. The Bertz CT molecular complexity index is 750. The number of carbonyl (C=O) groups is 1. The van der Waals surface area contributed by atoms with Crippen molar-refractivity contribution in [2.24, 2.45) is 0 Å². The number of aryl methyl sites for hydroxylation is 1. The van der Waals surface area contributed by atoms with Crippen molar-refractivity contribution in [2.75, 3.05) is 0 Å². The van der Waals surface area contributed by atoms with Crippen LogP contribution in [0.5, 0.6) is 5.75 Å². The second-order valence-electron chi connectivity index (χ2n) is 5.99. The number of halogens is 2. The Morgan fingerprint density at radius 2 is 2.12 bits per heavy atom. The zero-order valence-electron chi connectivity index (χ0n) is 13.4. The highest BCUT2D eigenvalue weighted by Gasteiger charge is 2.24. The Hall–Kier alpha value is -1.52. The number of carbonyl (C=O) groups excluding carboxylic acids is 1. The summed E-state index contributed by atoms with van der Waals surface area (Å²) in [5.41, 5.74) is 2.53. The summed E-state index contributed by atoms with van der Waals surface area (Å²) >= 11 is 9.50. The van der Waals surface area contributed by atoms with E-state index in [2.05, 4.69) is 33.4 Å². The minimum Gasteiger partial charge on any atom is -0.479 e. The maximum Gasteiger partial charge on any atom is 0.261 e. The van der Waals surface area contributed by atoms with E-state index in [1.54, 1.807) is 19.1 Å². The second kappa shape index (κ2) is 7.58. The van der Waals surface area contributed by atoms with Crippen molar-refractivity contribution in [3.05, 3.63) is 63.1 Å². The normalized spacial score (nSPS) is 17.7. The van der Waals surface area contributed by atoms with Crippen LogP contribution < -0.4 is 10.1 Å². The summed E-state index contributed by atoms with van der Waals surface area (Å²) in [5.74, 6) is 0.377. The zero-order chi connectivity index (χ0) is 17.1. The minimum atomic E-state index is -0.613. The molecule has 3 rings (SSSR count). The molecule has 0 bridgehead atoms. The van der Waals surface area contributed by atoms with Crippen LogP contribution in [0.25, 0.3) is 0 Å². The fraction of sp³-hybridized carbons (Fsp3) is 0.316. The fourth-order valence-corrected chi connectivity index (χ4v) is 3.73. The van der Waals surface area contributed by atoms with Gasteiger partial charge < -0.3 is 10.1 Å². The summed E-state index contributed by atoms with van der Waals surface area (Å²) < 4.78 is 6.60. The molecule has 0 aliphatic heterocycles. The van der Waals surface area contributed by atoms with E-state index < -0.39 is 6.10 Å². The highest BCUT2D eigenvalue weighted by molar-refractivity contribution is 9.10. The average Bonchev–Trinajstić information content (AvgIpc) is 2.57. The number of hydrogen-bond acceptors (Lipinski definition) is 2. The predicted molar refractivity (Wildman–Crippen MR) is 99.5 cm³/mol. The van der Waals surface area contributed by atoms with Crippen LogP contribution in [0.15, 0.2) is 46.9 Å². The van der Waals surface area contributed by atoms with Crippen LogP contribution in [0.4, 0.5) is 0 Å². The molecule has 0 saturated heterocycles. The van der Waals surface area contributed by atoms with E-state index in [0.717, 1.165) is 23.7 Å². The van der Waals surface area contributed by atoms with Gasteiger partial charge in [-0.25, -0.2) is 0 Å². The van der Waals surface area contributed by atoms with Gasteiger partial charge >= 0.3 is 0 Å². The topological polar surface area (TPSA) is 38.3 Å². The van der Waals surface area contributed by atoms with Crippen molar-refractivity contribution < 1.29 is 9.53 Å². The quantitative estimate of drug-likeness (QED) is 0.767. The van der Waals surface area contributed by atoms with Crippen LogP contribution in [0, 0.1) is 0 Å². The van der Waals surface area contributed by atoms with Crippen LogP contribution in [-0.4, -0.2) is 12.0 Å². The summed E-state index contributed by atoms with van der Waals surface area (Å²) in [6, 6.07) is 13.7. The molecule has 1 aliphatic carbocycles. The second-order valence-corrected chi connectivity index (χ2v) is 7.31. The molecule has 2 aromatic rings. The first-order chi connectivity index (χ1) is 11.5. The number of nitrogens with one attached hydrogen (secondary N) is 1. The lowest BCUT2D eigenvalue weighted by atomic mass is 9.87. The van der Waals surface area contributed by atoms with Crippen molar-refractivity contribution in [3.8, 4) is 5.75 Å². The monoisotopic (exact) mass is 407 g/mol. The van der Waals surface area contributed by atoms with E-state index in [9.17, 15) is 4.79 Å². The van der Waals surface area contributed by atoms with Gasteiger partial charge in [-0.2, -0.15) is 0 Å². The van der Waals surface area contributed by atoms with E-state index >= 15 is 0 Å². The Labute approximate surface area is 155 Å². The van der Waals surface area contributed by atoms with Crippen LogP contribution in [0.1, 0.15) is 36.9 Å². The van der Waals surface area contributed by atoms with Crippen molar-refractivity contribution in [3.63, 3.8) is 0 Å². The molecule has 1 aliphatic rings. The van der Waals surface area contributed by atoms with Gasteiger partial charge in [-0.3, -0.25) is 4.79 Å². The van der Waals surface area contributed by atoms with Gasteiger partial charge in [-0.05, 0) is 55.5 Å². The molecule has 0 heterocycles. The van der Waals surface area contributed by atoms with Crippen molar-refractivity contribution in [2.45, 2.75) is 38.3 Å². The first kappa shape index (κ1) is 17.3. The number of amides is 1. The standard InChI is InChI=1S/C19H19BrClNO2/c1-12(24-18-10-9-14(20)11-16(18)21)19(23)22-17-8-4-6-13-5-2-3-7-15(13)17/h2-3,5,7,9-12,17H,4,6,8H2,1H3,(H,22,23)/t12-,17-/m1/s1. The van der Waals surface area contributed by atoms with Gasteiger partial charge in [0, 0.05) is 4.47 Å². The maximum absolute atomic E-state index is 12.5. The summed E-state index contributed by atoms with van der Waals surface area (Å²) in [6.45, 7) is 1.74. The van der Waals surface area contributed by atoms with Crippen LogP contribution >= 0.6 is 27.5 Å². The molecular weight excluding hydrogens is 390 g/mol. The Balaban J connectivity index is 1.67. The summed E-state index contributed by atoms with van der Waals surface area (Å²) in [5, 5.41) is 3.59. The van der Waals surface area contributed by atoms with Gasteiger partial charge in [-0.1, -0.05) is 51.8 Å². The van der Waals surface area contributed by atoms with Gasteiger partial charge in [0.1, 0.15) is 5.75 Å². The van der Waals surface area contributed by atoms with Gasteiger partial charge in [0.05, 0.1) is 11.1 Å². The van der Waals surface area contributed by atoms with E-state index in [4.69, 9.17) is 16.3 Å². The van der Waals surface area contributed by atoms with Gasteiger partial charge in [0.25, 0.3) is 5.91 Å². The van der Waals surface area contributed by atoms with Crippen molar-refractivity contribution >= 4 is 33.4 Å². The number of hydrogen-bond donors (Lipinski definition) is 1. The molecule has 0 radical (unpaired) electrons. The highest BCUT2D eigenvalue weighted by atomic mass is 79.9. The molecule has 3 nitrogen and oxygen atoms in total. The average molecular weight is 409 g/mol. The minimum absolute atomic E-state index is 0.0499. The predicted octanol–water partition coefficient (Wildman–Crippen LogP) is 5.06. The molecule has 0 spiro atoms. The lowest BCUT2D eigenvalue weighted by Gasteiger charge is -2.27. The molecule has 5 heteroatoms. The third kappa shape index (κ3) is 3.93. The SMILES string of the molecule is C[C@@H](Oc1ccc(Br)cc1Cl)C(=O)N[C@@H]1CCCc2ccccc21. The molecule has 1 N–H and O–H groups in total. The molecule has 24 heavy (non-hydrogen) atoms. The first-order valence-electron chi connectivity index (χ1n) is 8.04. The van der Waals surface area contributed by atoms with Gasteiger partial charge in [-0.15, -0.1) is 0 Å². The largest absolute Gasteiger partial charge is 0.479 e. The highest BCUT2D eigenvalue weighted by Crippen LogP contribution is 2.31. The molecule has 0 fully saturated rings. The molecule has 126 valence electrons. The lowest BCUT2D eigenvalue weighted by Crippen LogP contribution is -2.39. The molecule has 2 atom stereocenters. The summed E-state index contributed by atoms with van der Waals surface area (Å²) in [7, 11) is 0. The van der Waals surface area contributed by atoms with E-state index in [1.165, 1.54) is 11.1 Å². The number of rotatable bonds is 4. The molecule has 0 saturated carbocycles. The van der Waals surface area contributed by atoms with Crippen LogP contribution in [-0.2, 0) is 11.2 Å². The van der Waals surface area contributed by atoms with E-state index in [-0.39, 0.29) is 11.9 Å². The number of benzene rings is 2. The number of ether oxygens (including phenoxy) is 1. The summed E-state index contributed by atoms with van der Waals surface area (Å²) in [6.07, 6.45) is 2.49. The number of fused-ring (bicyclic) bond motifs is 1. The first-order valence-corrected chi connectivity index (χ1v) is 9.21. The molecular formula is C19H19BrClNO2. The van der Waals surface area contributed by atoms with E-state index in [0.29, 0.717) is 10.8 Å². The third-order valence-electron chi connectivity index (χ3n) is 4.25. The van der Waals surface area contributed by atoms with Crippen molar-refractivity contribution in [1.29, 1.82) is 0 Å². The maximum atomic E-state index is 12.5. The zero-order valence-corrected chi connectivity index (χ0v) is 15.7. The molecule has 1 amide bonds. The van der Waals surface area contributed by atoms with Crippen molar-refractivity contribution in [1.82, 2.24) is 5.32 Å². The Kier molecular flexibility index (Phi) is 5.47. The summed E-state index contributed by atoms with van der Waals surface area (Å²) in [4.78, 5) is 12.5.